The first kappa shape index (κ1) is 13.3. The zero-order valence-corrected chi connectivity index (χ0v) is 10.4. The molecule has 1 aliphatic heterocycles. The van der Waals surface area contributed by atoms with Crippen LogP contribution in [0.5, 0.6) is 0 Å². The van der Waals surface area contributed by atoms with Gasteiger partial charge >= 0.3 is 6.03 Å². The van der Waals surface area contributed by atoms with Crippen LogP contribution in [0.3, 0.4) is 0 Å². The third-order valence-corrected chi connectivity index (χ3v) is 3.24. The molecule has 1 rings (SSSR count). The van der Waals surface area contributed by atoms with Crippen molar-refractivity contribution in [3.8, 4) is 0 Å². The van der Waals surface area contributed by atoms with Crippen LogP contribution >= 0.6 is 0 Å². The van der Waals surface area contributed by atoms with Crippen molar-refractivity contribution in [2.75, 3.05) is 19.7 Å². The molecule has 0 aromatic rings. The maximum atomic E-state index is 11.9. The number of nitrogens with one attached hydrogen (secondary N) is 1. The van der Waals surface area contributed by atoms with Gasteiger partial charge in [0.1, 0.15) is 0 Å². The van der Waals surface area contributed by atoms with Gasteiger partial charge in [-0.15, -0.1) is 0 Å². The summed E-state index contributed by atoms with van der Waals surface area (Å²) in [5.41, 5.74) is 0. The van der Waals surface area contributed by atoms with E-state index in [0.717, 1.165) is 25.9 Å². The Kier molecular flexibility index (Phi) is 5.60. The molecule has 2 N–H and O–H groups in total. The average molecular weight is 228 g/mol. The summed E-state index contributed by atoms with van der Waals surface area (Å²) in [6.45, 7) is 6.08. The van der Waals surface area contributed by atoms with Gasteiger partial charge < -0.3 is 15.3 Å². The van der Waals surface area contributed by atoms with Crippen molar-refractivity contribution in [2.24, 2.45) is 5.92 Å². The molecule has 1 heterocycles. The zero-order chi connectivity index (χ0) is 12.0. The molecule has 2 amide bonds. The van der Waals surface area contributed by atoms with Crippen molar-refractivity contribution in [1.82, 2.24) is 10.2 Å². The standard InChI is InChI=1S/C12H24N2O2/c1-3-11(6-8-15)13-12(16)14-7-4-5-10(2)9-14/h10-11,15H,3-9H2,1-2H3,(H,13,16). The van der Waals surface area contributed by atoms with Crippen molar-refractivity contribution in [3.05, 3.63) is 0 Å². The van der Waals surface area contributed by atoms with Crippen LogP contribution in [0.15, 0.2) is 0 Å². The van der Waals surface area contributed by atoms with Gasteiger partial charge in [0.2, 0.25) is 0 Å². The Morgan fingerprint density at radius 1 is 1.62 bits per heavy atom. The lowest BCUT2D eigenvalue weighted by Gasteiger charge is -2.32. The van der Waals surface area contributed by atoms with Crippen LogP contribution in [0.2, 0.25) is 0 Å². The van der Waals surface area contributed by atoms with E-state index in [-0.39, 0.29) is 18.7 Å². The molecule has 0 saturated carbocycles. The van der Waals surface area contributed by atoms with Gasteiger partial charge in [0.25, 0.3) is 0 Å². The number of hydrogen-bond acceptors (Lipinski definition) is 2. The summed E-state index contributed by atoms with van der Waals surface area (Å²) in [6, 6.07) is 0.140. The number of piperidine rings is 1. The minimum absolute atomic E-state index is 0.0341. The Morgan fingerprint density at radius 2 is 2.38 bits per heavy atom. The molecule has 4 nitrogen and oxygen atoms in total. The van der Waals surface area contributed by atoms with E-state index >= 15 is 0 Å². The zero-order valence-electron chi connectivity index (χ0n) is 10.4. The van der Waals surface area contributed by atoms with Crippen molar-refractivity contribution in [3.63, 3.8) is 0 Å². The molecule has 4 heteroatoms. The third-order valence-electron chi connectivity index (χ3n) is 3.24. The summed E-state index contributed by atoms with van der Waals surface area (Å²) in [4.78, 5) is 13.8. The molecule has 16 heavy (non-hydrogen) atoms. The first-order valence-electron chi connectivity index (χ1n) is 6.33. The fourth-order valence-electron chi connectivity index (χ4n) is 2.17. The minimum atomic E-state index is 0.0341. The van der Waals surface area contributed by atoms with Crippen LogP contribution in [0.1, 0.15) is 39.5 Å². The Balaban J connectivity index is 2.37. The molecule has 1 aliphatic rings. The summed E-state index contributed by atoms with van der Waals surface area (Å²) in [5, 5.41) is 11.9. The molecule has 0 spiro atoms. The highest BCUT2D eigenvalue weighted by atomic mass is 16.3. The molecule has 0 aromatic carbocycles. The lowest BCUT2D eigenvalue weighted by Crippen LogP contribution is -2.48. The van der Waals surface area contributed by atoms with Crippen molar-refractivity contribution >= 4 is 6.03 Å². The van der Waals surface area contributed by atoms with E-state index in [1.807, 2.05) is 11.8 Å². The number of amides is 2. The normalized spacial score (nSPS) is 22.9. The maximum absolute atomic E-state index is 11.9. The first-order valence-corrected chi connectivity index (χ1v) is 6.33. The second kappa shape index (κ2) is 6.74. The van der Waals surface area contributed by atoms with Gasteiger partial charge in [-0.25, -0.2) is 4.79 Å². The van der Waals surface area contributed by atoms with Gasteiger partial charge in [-0.05, 0) is 31.6 Å². The molecule has 94 valence electrons. The molecule has 0 radical (unpaired) electrons. The number of aliphatic hydroxyl groups is 1. The van der Waals surface area contributed by atoms with Gasteiger partial charge in [-0.3, -0.25) is 0 Å². The van der Waals surface area contributed by atoms with Crippen LogP contribution in [0, 0.1) is 5.92 Å². The summed E-state index contributed by atoms with van der Waals surface area (Å²) >= 11 is 0. The lowest BCUT2D eigenvalue weighted by molar-refractivity contribution is 0.163. The summed E-state index contributed by atoms with van der Waals surface area (Å²) in [6.07, 6.45) is 3.84. The number of carbonyl (C=O) groups excluding carboxylic acids is 1. The van der Waals surface area contributed by atoms with Gasteiger partial charge in [0.05, 0.1) is 0 Å². The maximum Gasteiger partial charge on any atom is 0.317 e. The predicted molar refractivity (Wildman–Crippen MR) is 64.3 cm³/mol. The van der Waals surface area contributed by atoms with E-state index in [4.69, 9.17) is 5.11 Å². The Bertz CT molecular complexity index is 221. The number of nitrogens with zero attached hydrogens (tertiary/aromatic N) is 1. The van der Waals surface area contributed by atoms with E-state index in [0.29, 0.717) is 12.3 Å². The number of urea groups is 1. The molecule has 2 atom stereocenters. The highest BCUT2D eigenvalue weighted by Crippen LogP contribution is 2.15. The van der Waals surface area contributed by atoms with E-state index in [1.165, 1.54) is 6.42 Å². The van der Waals surface area contributed by atoms with Crippen LogP contribution < -0.4 is 5.32 Å². The van der Waals surface area contributed by atoms with Crippen molar-refractivity contribution in [2.45, 2.75) is 45.6 Å². The van der Waals surface area contributed by atoms with E-state index in [1.54, 1.807) is 0 Å². The highest BCUT2D eigenvalue weighted by molar-refractivity contribution is 5.74. The second-order valence-corrected chi connectivity index (χ2v) is 4.76. The van der Waals surface area contributed by atoms with Crippen molar-refractivity contribution in [1.29, 1.82) is 0 Å². The Morgan fingerprint density at radius 3 is 2.94 bits per heavy atom. The molecular weight excluding hydrogens is 204 g/mol. The summed E-state index contributed by atoms with van der Waals surface area (Å²) in [5.74, 6) is 0.609. The van der Waals surface area contributed by atoms with Crippen LogP contribution in [-0.2, 0) is 0 Å². The number of rotatable bonds is 4. The SMILES string of the molecule is CCC(CCO)NC(=O)N1CCCC(C)C1. The van der Waals surface area contributed by atoms with Gasteiger partial charge in [0.15, 0.2) is 0 Å². The quantitative estimate of drug-likeness (QED) is 0.767. The summed E-state index contributed by atoms with van der Waals surface area (Å²) in [7, 11) is 0. The number of aliphatic hydroxyl groups excluding tert-OH is 1. The smallest absolute Gasteiger partial charge is 0.317 e. The number of carbonyl (C=O) groups is 1. The molecule has 0 aliphatic carbocycles. The lowest BCUT2D eigenvalue weighted by atomic mass is 10.0. The molecular formula is C12H24N2O2. The van der Waals surface area contributed by atoms with Crippen LogP contribution in [-0.4, -0.2) is 41.8 Å². The van der Waals surface area contributed by atoms with E-state index < -0.39 is 0 Å². The van der Waals surface area contributed by atoms with Crippen LogP contribution in [0.4, 0.5) is 4.79 Å². The van der Waals surface area contributed by atoms with Crippen LogP contribution in [0.25, 0.3) is 0 Å². The Labute approximate surface area is 98.0 Å². The van der Waals surface area contributed by atoms with Gasteiger partial charge in [-0.1, -0.05) is 13.8 Å². The third kappa shape index (κ3) is 4.00. The fourth-order valence-corrected chi connectivity index (χ4v) is 2.17. The highest BCUT2D eigenvalue weighted by Gasteiger charge is 2.22. The predicted octanol–water partition coefficient (Wildman–Crippen LogP) is 1.59. The fraction of sp³-hybridized carbons (Fsp3) is 0.917. The molecule has 1 saturated heterocycles. The first-order chi connectivity index (χ1) is 7.67. The topological polar surface area (TPSA) is 52.6 Å². The van der Waals surface area contributed by atoms with Gasteiger partial charge in [-0.2, -0.15) is 0 Å². The van der Waals surface area contributed by atoms with Gasteiger partial charge in [0, 0.05) is 25.7 Å². The molecule has 0 bridgehead atoms. The second-order valence-electron chi connectivity index (χ2n) is 4.76. The molecule has 1 fully saturated rings. The number of likely N-dealkylation sites (tertiary alicyclic amines) is 1. The molecule has 2 unspecified atom stereocenters. The van der Waals surface area contributed by atoms with E-state index in [9.17, 15) is 4.79 Å². The minimum Gasteiger partial charge on any atom is -0.396 e. The summed E-state index contributed by atoms with van der Waals surface area (Å²) < 4.78 is 0. The average Bonchev–Trinajstić information content (AvgIpc) is 2.28. The number of hydrogen-bond donors (Lipinski definition) is 2. The molecule has 0 aromatic heterocycles. The van der Waals surface area contributed by atoms with Crippen molar-refractivity contribution < 1.29 is 9.90 Å². The monoisotopic (exact) mass is 228 g/mol. The largest absolute Gasteiger partial charge is 0.396 e. The Hall–Kier alpha value is -0.770. The van der Waals surface area contributed by atoms with E-state index in [2.05, 4.69) is 12.2 Å².